The van der Waals surface area contributed by atoms with Gasteiger partial charge < -0.3 is 10.5 Å². The molecule has 0 saturated carbocycles. The molecule has 1 aliphatic heterocycles. The van der Waals surface area contributed by atoms with Crippen LogP contribution in [-0.4, -0.2) is 24.5 Å². The Labute approximate surface area is 110 Å². The molecule has 0 amide bonds. The second-order valence-corrected chi connectivity index (χ2v) is 4.88. The number of Topliss-reactive ketones (excluding diaryl/α,β-unsaturated/α-hetero) is 1. The highest BCUT2D eigenvalue weighted by Crippen LogP contribution is 2.22. The van der Waals surface area contributed by atoms with Gasteiger partial charge in [0.2, 0.25) is 0 Å². The molecule has 0 bridgehead atoms. The van der Waals surface area contributed by atoms with Gasteiger partial charge in [-0.25, -0.2) is 4.39 Å². The number of hydrogen-bond acceptors (Lipinski definition) is 3. The Hall–Kier alpha value is -0.970. The van der Waals surface area contributed by atoms with E-state index < -0.39 is 11.9 Å². The van der Waals surface area contributed by atoms with Crippen LogP contribution < -0.4 is 5.73 Å². The highest BCUT2D eigenvalue weighted by atomic mass is 35.5. The molecule has 2 atom stereocenters. The summed E-state index contributed by atoms with van der Waals surface area (Å²) in [6, 6.07) is 4.32. The van der Waals surface area contributed by atoms with Gasteiger partial charge in [-0.15, -0.1) is 0 Å². The lowest BCUT2D eigenvalue weighted by molar-refractivity contribution is -0.128. The second kappa shape index (κ2) is 5.78. The molecule has 0 spiro atoms. The number of rotatable bonds is 4. The van der Waals surface area contributed by atoms with Crippen molar-refractivity contribution in [3.8, 4) is 0 Å². The number of ether oxygens (including phenoxy) is 1. The number of carbonyl (C=O) groups excluding carboxylic acids is 1. The van der Waals surface area contributed by atoms with Crippen LogP contribution in [0.15, 0.2) is 18.2 Å². The molecule has 98 valence electrons. The minimum atomic E-state index is -0.454. The van der Waals surface area contributed by atoms with E-state index in [1.165, 1.54) is 12.1 Å². The van der Waals surface area contributed by atoms with Gasteiger partial charge in [0.1, 0.15) is 11.9 Å². The molecular formula is C13H15ClFNO2. The van der Waals surface area contributed by atoms with Crippen molar-refractivity contribution in [3.05, 3.63) is 34.6 Å². The Bertz CT molecular complexity index is 453. The minimum absolute atomic E-state index is 0.0327. The molecule has 1 saturated heterocycles. The van der Waals surface area contributed by atoms with Crippen LogP contribution in [0.1, 0.15) is 18.4 Å². The molecule has 0 radical (unpaired) electrons. The van der Waals surface area contributed by atoms with Gasteiger partial charge in [0.25, 0.3) is 0 Å². The zero-order valence-corrected chi connectivity index (χ0v) is 10.6. The highest BCUT2D eigenvalue weighted by molar-refractivity contribution is 6.30. The predicted octanol–water partition coefficient (Wildman–Crippen LogP) is 2.10. The van der Waals surface area contributed by atoms with E-state index in [1.807, 2.05) is 0 Å². The lowest BCUT2D eigenvalue weighted by atomic mass is 10.0. The van der Waals surface area contributed by atoms with Crippen molar-refractivity contribution < 1.29 is 13.9 Å². The number of halogens is 2. The number of hydrogen-bond donors (Lipinski definition) is 1. The van der Waals surface area contributed by atoms with E-state index >= 15 is 0 Å². The van der Waals surface area contributed by atoms with Crippen molar-refractivity contribution in [2.75, 3.05) is 6.54 Å². The van der Waals surface area contributed by atoms with Gasteiger partial charge >= 0.3 is 0 Å². The predicted molar refractivity (Wildman–Crippen MR) is 67.1 cm³/mol. The Morgan fingerprint density at radius 2 is 2.28 bits per heavy atom. The highest BCUT2D eigenvalue weighted by Gasteiger charge is 2.29. The quantitative estimate of drug-likeness (QED) is 0.912. The van der Waals surface area contributed by atoms with Gasteiger partial charge in [0.05, 0.1) is 6.10 Å². The molecule has 2 unspecified atom stereocenters. The summed E-state index contributed by atoms with van der Waals surface area (Å²) in [5.74, 6) is -0.559. The first-order chi connectivity index (χ1) is 8.60. The first kappa shape index (κ1) is 13.5. The Morgan fingerprint density at radius 3 is 2.89 bits per heavy atom. The Kier molecular flexibility index (Phi) is 4.32. The maximum absolute atomic E-state index is 13.5. The topological polar surface area (TPSA) is 52.3 Å². The second-order valence-electron chi connectivity index (χ2n) is 4.44. The van der Waals surface area contributed by atoms with E-state index in [-0.39, 0.29) is 18.3 Å². The van der Waals surface area contributed by atoms with Gasteiger partial charge in [-0.1, -0.05) is 17.7 Å². The fraction of sp³-hybridized carbons (Fsp3) is 0.462. The first-order valence-electron chi connectivity index (χ1n) is 5.92. The lowest BCUT2D eigenvalue weighted by Gasteiger charge is -2.11. The van der Waals surface area contributed by atoms with Crippen molar-refractivity contribution in [2.45, 2.75) is 31.5 Å². The van der Waals surface area contributed by atoms with Crippen molar-refractivity contribution in [3.63, 3.8) is 0 Å². The molecule has 1 fully saturated rings. The fourth-order valence-corrected chi connectivity index (χ4v) is 2.24. The Morgan fingerprint density at radius 1 is 1.50 bits per heavy atom. The normalized spacial score (nSPS) is 23.3. The molecule has 2 rings (SSSR count). The SMILES string of the molecule is NCC1CCC(C(=O)Cc2ccc(Cl)cc2F)O1. The van der Waals surface area contributed by atoms with E-state index in [0.29, 0.717) is 23.6 Å². The standard InChI is InChI=1S/C13H15ClFNO2/c14-9-2-1-8(11(15)6-9)5-12(17)13-4-3-10(7-16)18-13/h1-2,6,10,13H,3-5,7,16H2. The molecule has 3 nitrogen and oxygen atoms in total. The third-order valence-electron chi connectivity index (χ3n) is 3.11. The molecule has 1 heterocycles. The van der Waals surface area contributed by atoms with Crippen LogP contribution in [0.3, 0.4) is 0 Å². The summed E-state index contributed by atoms with van der Waals surface area (Å²) in [6.45, 7) is 0.416. The lowest BCUT2D eigenvalue weighted by Crippen LogP contribution is -2.26. The third-order valence-corrected chi connectivity index (χ3v) is 3.34. The average molecular weight is 272 g/mol. The fourth-order valence-electron chi connectivity index (χ4n) is 2.08. The Balaban J connectivity index is 1.99. The first-order valence-corrected chi connectivity index (χ1v) is 6.30. The summed E-state index contributed by atoms with van der Waals surface area (Å²) in [6.07, 6.45) is 0.985. The van der Waals surface area contributed by atoms with Crippen LogP contribution in [0.2, 0.25) is 5.02 Å². The van der Waals surface area contributed by atoms with Crippen molar-refractivity contribution >= 4 is 17.4 Å². The van der Waals surface area contributed by atoms with Crippen LogP contribution in [0.25, 0.3) is 0 Å². The maximum atomic E-state index is 13.5. The number of carbonyl (C=O) groups is 1. The van der Waals surface area contributed by atoms with Crippen molar-refractivity contribution in [1.29, 1.82) is 0 Å². The molecule has 1 aromatic rings. The summed E-state index contributed by atoms with van der Waals surface area (Å²) >= 11 is 5.66. The minimum Gasteiger partial charge on any atom is -0.366 e. The molecule has 18 heavy (non-hydrogen) atoms. The molecule has 2 N–H and O–H groups in total. The molecule has 1 aliphatic rings. The summed E-state index contributed by atoms with van der Waals surface area (Å²) in [5.41, 5.74) is 5.83. The zero-order valence-electron chi connectivity index (χ0n) is 9.86. The van der Waals surface area contributed by atoms with Gasteiger partial charge in [-0.2, -0.15) is 0 Å². The van der Waals surface area contributed by atoms with Crippen LogP contribution in [-0.2, 0) is 16.0 Å². The molecule has 1 aromatic carbocycles. The molecule has 0 aliphatic carbocycles. The van der Waals surface area contributed by atoms with Crippen molar-refractivity contribution in [2.24, 2.45) is 5.73 Å². The summed E-state index contributed by atoms with van der Waals surface area (Å²) in [5, 5.41) is 0.323. The van der Waals surface area contributed by atoms with Crippen LogP contribution >= 0.6 is 11.6 Å². The summed E-state index contributed by atoms with van der Waals surface area (Å²) < 4.78 is 19.0. The van der Waals surface area contributed by atoms with E-state index in [0.717, 1.165) is 6.42 Å². The monoisotopic (exact) mass is 271 g/mol. The van der Waals surface area contributed by atoms with E-state index in [1.54, 1.807) is 6.07 Å². The van der Waals surface area contributed by atoms with Gasteiger partial charge in [-0.05, 0) is 30.5 Å². The zero-order chi connectivity index (χ0) is 13.1. The average Bonchev–Trinajstić information content (AvgIpc) is 2.81. The molecule has 5 heteroatoms. The summed E-state index contributed by atoms with van der Waals surface area (Å²) in [4.78, 5) is 11.9. The van der Waals surface area contributed by atoms with Gasteiger partial charge in [-0.3, -0.25) is 4.79 Å². The molecular weight excluding hydrogens is 257 g/mol. The largest absolute Gasteiger partial charge is 0.366 e. The summed E-state index contributed by atoms with van der Waals surface area (Å²) in [7, 11) is 0. The smallest absolute Gasteiger partial charge is 0.166 e. The van der Waals surface area contributed by atoms with E-state index in [9.17, 15) is 9.18 Å². The van der Waals surface area contributed by atoms with E-state index in [2.05, 4.69) is 0 Å². The number of nitrogens with two attached hydrogens (primary N) is 1. The van der Waals surface area contributed by atoms with Crippen LogP contribution in [0.5, 0.6) is 0 Å². The van der Waals surface area contributed by atoms with Gasteiger partial charge in [0, 0.05) is 18.0 Å². The van der Waals surface area contributed by atoms with Gasteiger partial charge in [0.15, 0.2) is 5.78 Å². The van der Waals surface area contributed by atoms with Crippen LogP contribution in [0.4, 0.5) is 4.39 Å². The number of benzene rings is 1. The number of ketones is 1. The van der Waals surface area contributed by atoms with Crippen LogP contribution in [0, 0.1) is 5.82 Å². The van der Waals surface area contributed by atoms with Crippen molar-refractivity contribution in [1.82, 2.24) is 0 Å². The molecule has 0 aromatic heterocycles. The third kappa shape index (κ3) is 3.07. The maximum Gasteiger partial charge on any atom is 0.166 e. The van der Waals surface area contributed by atoms with E-state index in [4.69, 9.17) is 22.1 Å².